The highest BCUT2D eigenvalue weighted by molar-refractivity contribution is 6.09. The quantitative estimate of drug-likeness (QED) is 0.787. The van der Waals surface area contributed by atoms with Crippen LogP contribution < -0.4 is 9.47 Å². The molecule has 0 aliphatic carbocycles. The van der Waals surface area contributed by atoms with Crippen molar-refractivity contribution in [3.63, 3.8) is 0 Å². The standard InChI is InChI=1S/C13H11FN2O3/c1-18-10-7-8(3-4-9(10)14)12(17)11-13(19-2)16-6-5-15-11/h3-7H,1-2H3. The monoisotopic (exact) mass is 262 g/mol. The van der Waals surface area contributed by atoms with Crippen molar-refractivity contribution < 1.29 is 18.7 Å². The molecule has 98 valence electrons. The van der Waals surface area contributed by atoms with Gasteiger partial charge in [-0.25, -0.2) is 14.4 Å². The van der Waals surface area contributed by atoms with E-state index in [1.165, 1.54) is 38.7 Å². The Hall–Kier alpha value is -2.50. The summed E-state index contributed by atoms with van der Waals surface area (Å²) in [5.74, 6) is -0.835. The third kappa shape index (κ3) is 2.52. The van der Waals surface area contributed by atoms with Gasteiger partial charge in [0, 0.05) is 18.0 Å². The molecule has 0 amide bonds. The van der Waals surface area contributed by atoms with Crippen LogP contribution >= 0.6 is 0 Å². The Balaban J connectivity index is 2.44. The van der Waals surface area contributed by atoms with Crippen molar-refractivity contribution in [2.75, 3.05) is 14.2 Å². The van der Waals surface area contributed by atoms with Gasteiger partial charge in [-0.3, -0.25) is 4.79 Å². The van der Waals surface area contributed by atoms with Crippen LogP contribution in [0.2, 0.25) is 0 Å². The first-order valence-electron chi connectivity index (χ1n) is 5.40. The van der Waals surface area contributed by atoms with Gasteiger partial charge in [0.05, 0.1) is 14.2 Å². The summed E-state index contributed by atoms with van der Waals surface area (Å²) in [6.07, 6.45) is 2.80. The van der Waals surface area contributed by atoms with Crippen LogP contribution in [0.3, 0.4) is 0 Å². The summed E-state index contributed by atoms with van der Waals surface area (Å²) in [4.78, 5) is 20.1. The fourth-order valence-corrected chi connectivity index (χ4v) is 1.57. The van der Waals surface area contributed by atoms with E-state index >= 15 is 0 Å². The lowest BCUT2D eigenvalue weighted by molar-refractivity contribution is 0.103. The Morgan fingerprint density at radius 2 is 1.89 bits per heavy atom. The maximum Gasteiger partial charge on any atom is 0.243 e. The number of methoxy groups -OCH3 is 2. The lowest BCUT2D eigenvalue weighted by atomic mass is 10.1. The van der Waals surface area contributed by atoms with E-state index in [-0.39, 0.29) is 22.9 Å². The highest BCUT2D eigenvalue weighted by Gasteiger charge is 2.18. The zero-order chi connectivity index (χ0) is 13.8. The Bertz CT molecular complexity index is 617. The molecule has 1 aromatic heterocycles. The van der Waals surface area contributed by atoms with Crippen LogP contribution in [-0.4, -0.2) is 30.0 Å². The number of ketones is 1. The van der Waals surface area contributed by atoms with Gasteiger partial charge in [-0.05, 0) is 18.2 Å². The number of nitrogens with zero attached hydrogens (tertiary/aromatic N) is 2. The number of halogens is 1. The summed E-state index contributed by atoms with van der Waals surface area (Å²) in [5.41, 5.74) is 0.315. The number of benzene rings is 1. The molecule has 0 aliphatic rings. The van der Waals surface area contributed by atoms with Crippen LogP contribution in [0.5, 0.6) is 11.6 Å². The molecule has 0 saturated heterocycles. The Labute approximate surface area is 109 Å². The van der Waals surface area contributed by atoms with E-state index in [1.807, 2.05) is 0 Å². The average Bonchev–Trinajstić information content (AvgIpc) is 2.47. The Kier molecular flexibility index (Phi) is 3.70. The average molecular weight is 262 g/mol. The molecule has 5 nitrogen and oxygen atoms in total. The molecule has 0 aliphatic heterocycles. The highest BCUT2D eigenvalue weighted by atomic mass is 19.1. The third-order valence-electron chi connectivity index (χ3n) is 2.49. The maximum atomic E-state index is 13.3. The molecule has 6 heteroatoms. The van der Waals surface area contributed by atoms with E-state index in [1.54, 1.807) is 0 Å². The molecule has 0 bridgehead atoms. The predicted octanol–water partition coefficient (Wildman–Crippen LogP) is 1.86. The zero-order valence-corrected chi connectivity index (χ0v) is 10.4. The zero-order valence-electron chi connectivity index (χ0n) is 10.4. The molecular formula is C13H11FN2O3. The van der Waals surface area contributed by atoms with Crippen LogP contribution in [0, 0.1) is 5.82 Å². The summed E-state index contributed by atoms with van der Waals surface area (Å²) in [7, 11) is 2.72. The van der Waals surface area contributed by atoms with Crippen molar-refractivity contribution in [2.24, 2.45) is 0 Å². The molecule has 0 fully saturated rings. The lowest BCUT2D eigenvalue weighted by Gasteiger charge is -2.07. The predicted molar refractivity (Wildman–Crippen MR) is 65.0 cm³/mol. The van der Waals surface area contributed by atoms with Crippen LogP contribution in [-0.2, 0) is 0 Å². The molecule has 2 aromatic rings. The first kappa shape index (κ1) is 12.9. The molecule has 1 heterocycles. The summed E-state index contributed by atoms with van der Waals surface area (Å²) < 4.78 is 23.1. The van der Waals surface area contributed by atoms with Crippen molar-refractivity contribution >= 4 is 5.78 Å². The summed E-state index contributed by atoms with van der Waals surface area (Å²) >= 11 is 0. The van der Waals surface area contributed by atoms with Crippen LogP contribution in [0.25, 0.3) is 0 Å². The van der Waals surface area contributed by atoms with Gasteiger partial charge in [-0.2, -0.15) is 0 Å². The summed E-state index contributed by atoms with van der Waals surface area (Å²) in [6, 6.07) is 3.83. The lowest BCUT2D eigenvalue weighted by Crippen LogP contribution is -2.08. The summed E-state index contributed by atoms with van der Waals surface area (Å²) in [6.45, 7) is 0. The van der Waals surface area contributed by atoms with Crippen molar-refractivity contribution in [1.82, 2.24) is 9.97 Å². The van der Waals surface area contributed by atoms with E-state index in [4.69, 9.17) is 9.47 Å². The van der Waals surface area contributed by atoms with E-state index in [2.05, 4.69) is 9.97 Å². The second-order valence-corrected chi connectivity index (χ2v) is 3.59. The van der Waals surface area contributed by atoms with Gasteiger partial charge in [0.15, 0.2) is 17.3 Å². The van der Waals surface area contributed by atoms with Gasteiger partial charge < -0.3 is 9.47 Å². The van der Waals surface area contributed by atoms with Crippen molar-refractivity contribution in [3.05, 3.63) is 47.7 Å². The van der Waals surface area contributed by atoms with Crippen LogP contribution in [0.1, 0.15) is 16.1 Å². The van der Waals surface area contributed by atoms with Gasteiger partial charge in [0.2, 0.25) is 11.7 Å². The van der Waals surface area contributed by atoms with Crippen molar-refractivity contribution in [2.45, 2.75) is 0 Å². The molecular weight excluding hydrogens is 251 g/mol. The van der Waals surface area contributed by atoms with Gasteiger partial charge in [0.1, 0.15) is 0 Å². The molecule has 0 atom stereocenters. The Morgan fingerprint density at radius 1 is 1.16 bits per heavy atom. The highest BCUT2D eigenvalue weighted by Crippen LogP contribution is 2.22. The minimum absolute atomic E-state index is 0.00583. The van der Waals surface area contributed by atoms with Crippen LogP contribution in [0.15, 0.2) is 30.6 Å². The number of carbonyl (C=O) groups is 1. The van der Waals surface area contributed by atoms with Gasteiger partial charge in [-0.1, -0.05) is 0 Å². The van der Waals surface area contributed by atoms with Gasteiger partial charge in [0.25, 0.3) is 0 Å². The van der Waals surface area contributed by atoms with E-state index in [0.29, 0.717) is 0 Å². The minimum Gasteiger partial charge on any atom is -0.494 e. The summed E-state index contributed by atoms with van der Waals surface area (Å²) in [5, 5.41) is 0. The smallest absolute Gasteiger partial charge is 0.243 e. The Morgan fingerprint density at radius 3 is 2.58 bits per heavy atom. The first-order chi connectivity index (χ1) is 9.17. The molecule has 2 rings (SSSR count). The SMILES string of the molecule is COc1cc(C(=O)c2nccnc2OC)ccc1F. The number of aromatic nitrogens is 2. The topological polar surface area (TPSA) is 61.3 Å². The molecule has 0 saturated carbocycles. The largest absolute Gasteiger partial charge is 0.494 e. The maximum absolute atomic E-state index is 13.3. The molecule has 1 aromatic carbocycles. The molecule has 0 N–H and O–H groups in total. The minimum atomic E-state index is -0.537. The third-order valence-corrected chi connectivity index (χ3v) is 2.49. The van der Waals surface area contributed by atoms with E-state index in [9.17, 15) is 9.18 Å². The molecule has 0 spiro atoms. The number of ether oxygens (including phenoxy) is 2. The second-order valence-electron chi connectivity index (χ2n) is 3.59. The number of hydrogen-bond acceptors (Lipinski definition) is 5. The second kappa shape index (κ2) is 5.43. The number of hydrogen-bond donors (Lipinski definition) is 0. The molecule has 0 radical (unpaired) electrons. The fourth-order valence-electron chi connectivity index (χ4n) is 1.57. The normalized spacial score (nSPS) is 10.1. The van der Waals surface area contributed by atoms with Crippen molar-refractivity contribution in [1.29, 1.82) is 0 Å². The van der Waals surface area contributed by atoms with Gasteiger partial charge >= 0.3 is 0 Å². The number of rotatable bonds is 4. The van der Waals surface area contributed by atoms with Gasteiger partial charge in [-0.15, -0.1) is 0 Å². The fraction of sp³-hybridized carbons (Fsp3) is 0.154. The van der Waals surface area contributed by atoms with Crippen molar-refractivity contribution in [3.8, 4) is 11.6 Å². The first-order valence-corrected chi connectivity index (χ1v) is 5.40. The number of carbonyl (C=O) groups excluding carboxylic acids is 1. The molecule has 19 heavy (non-hydrogen) atoms. The van der Waals surface area contributed by atoms with E-state index in [0.717, 1.165) is 6.07 Å². The van der Waals surface area contributed by atoms with Crippen LogP contribution in [0.4, 0.5) is 4.39 Å². The van der Waals surface area contributed by atoms with E-state index < -0.39 is 11.6 Å². The molecule has 0 unspecified atom stereocenters.